The first-order valence-corrected chi connectivity index (χ1v) is 9.36. The molecular formula is C17H28N2O2S. The van der Waals surface area contributed by atoms with Gasteiger partial charge in [-0.25, -0.2) is 0 Å². The molecule has 0 unspecified atom stereocenters. The van der Waals surface area contributed by atoms with E-state index in [-0.39, 0.29) is 0 Å². The lowest BCUT2D eigenvalue weighted by atomic mass is 10.1. The third-order valence-corrected chi connectivity index (χ3v) is 5.61. The average molecular weight is 324 g/mol. The monoisotopic (exact) mass is 324 g/mol. The van der Waals surface area contributed by atoms with Crippen LogP contribution in [0.15, 0.2) is 17.5 Å². The molecular weight excluding hydrogens is 296 g/mol. The highest BCUT2D eigenvalue weighted by atomic mass is 32.1. The first-order valence-electron chi connectivity index (χ1n) is 8.48. The van der Waals surface area contributed by atoms with Gasteiger partial charge in [0.05, 0.1) is 25.4 Å². The molecule has 2 atom stereocenters. The molecule has 5 heteroatoms. The van der Waals surface area contributed by atoms with Gasteiger partial charge in [-0.15, -0.1) is 11.3 Å². The molecule has 0 bridgehead atoms. The second-order valence-electron chi connectivity index (χ2n) is 6.39. The molecule has 1 aromatic rings. The fourth-order valence-electron chi connectivity index (χ4n) is 3.42. The van der Waals surface area contributed by atoms with Crippen molar-refractivity contribution < 1.29 is 9.47 Å². The van der Waals surface area contributed by atoms with E-state index in [0.717, 1.165) is 46.0 Å². The Morgan fingerprint density at radius 2 is 2.18 bits per heavy atom. The molecule has 0 saturated carbocycles. The summed E-state index contributed by atoms with van der Waals surface area (Å²) in [6.45, 7) is 6.85. The van der Waals surface area contributed by atoms with Gasteiger partial charge in [0.1, 0.15) is 0 Å². The summed E-state index contributed by atoms with van der Waals surface area (Å²) in [4.78, 5) is 6.50. The smallest absolute Gasteiger partial charge is 0.0701 e. The van der Waals surface area contributed by atoms with Crippen molar-refractivity contribution in [3.63, 3.8) is 0 Å². The van der Waals surface area contributed by atoms with E-state index in [0.29, 0.717) is 12.1 Å². The molecule has 0 aromatic carbocycles. The van der Waals surface area contributed by atoms with Gasteiger partial charge in [-0.3, -0.25) is 4.90 Å². The summed E-state index contributed by atoms with van der Waals surface area (Å²) in [7, 11) is 2.24. The van der Waals surface area contributed by atoms with Gasteiger partial charge < -0.3 is 14.4 Å². The van der Waals surface area contributed by atoms with E-state index < -0.39 is 0 Å². The van der Waals surface area contributed by atoms with Gasteiger partial charge in [0.15, 0.2) is 0 Å². The molecule has 0 amide bonds. The minimum Gasteiger partial charge on any atom is -0.379 e. The molecule has 0 radical (unpaired) electrons. The van der Waals surface area contributed by atoms with Crippen LogP contribution >= 0.6 is 11.3 Å². The zero-order chi connectivity index (χ0) is 15.2. The molecule has 2 aliphatic heterocycles. The molecule has 2 aliphatic rings. The quantitative estimate of drug-likeness (QED) is 0.803. The van der Waals surface area contributed by atoms with Crippen LogP contribution in [0, 0.1) is 0 Å². The Labute approximate surface area is 138 Å². The van der Waals surface area contributed by atoms with Crippen LogP contribution in [0.5, 0.6) is 0 Å². The number of hydrogen-bond donors (Lipinski definition) is 0. The molecule has 1 aromatic heterocycles. The first-order chi connectivity index (χ1) is 10.8. The zero-order valence-corrected chi connectivity index (χ0v) is 14.4. The zero-order valence-electron chi connectivity index (χ0n) is 13.6. The molecule has 0 spiro atoms. The Bertz CT molecular complexity index is 414. The van der Waals surface area contributed by atoms with Gasteiger partial charge >= 0.3 is 0 Å². The molecule has 0 N–H and O–H groups in total. The van der Waals surface area contributed by atoms with Crippen LogP contribution in [0.25, 0.3) is 0 Å². The molecule has 0 aliphatic carbocycles. The number of hydrogen-bond acceptors (Lipinski definition) is 5. The number of ether oxygens (including phenoxy) is 2. The Hall–Kier alpha value is -0.460. The van der Waals surface area contributed by atoms with Crippen LogP contribution in [0.1, 0.15) is 30.2 Å². The molecule has 3 heterocycles. The Morgan fingerprint density at radius 1 is 1.32 bits per heavy atom. The van der Waals surface area contributed by atoms with E-state index in [1.54, 1.807) is 0 Å². The Balaban J connectivity index is 1.59. The first kappa shape index (κ1) is 16.4. The van der Waals surface area contributed by atoms with E-state index in [9.17, 15) is 0 Å². The van der Waals surface area contributed by atoms with Crippen molar-refractivity contribution in [2.75, 3.05) is 53.0 Å². The number of thiophene rings is 1. The SMILES string of the molecule is CN(C[C@H]1CCCCO1)C[C@H](c1cccs1)N1CCOCC1. The molecule has 4 nitrogen and oxygen atoms in total. The number of rotatable bonds is 6. The average Bonchev–Trinajstić information content (AvgIpc) is 3.08. The second-order valence-corrected chi connectivity index (χ2v) is 7.37. The highest BCUT2D eigenvalue weighted by molar-refractivity contribution is 7.10. The Kier molecular flexibility index (Phi) is 6.27. The molecule has 3 rings (SSSR count). The van der Waals surface area contributed by atoms with E-state index in [4.69, 9.17) is 9.47 Å². The lowest BCUT2D eigenvalue weighted by Crippen LogP contribution is -2.44. The number of morpholine rings is 1. The normalized spacial score (nSPS) is 25.5. The van der Waals surface area contributed by atoms with Crippen molar-refractivity contribution in [2.24, 2.45) is 0 Å². The van der Waals surface area contributed by atoms with Crippen LogP contribution < -0.4 is 0 Å². The van der Waals surface area contributed by atoms with E-state index in [1.807, 2.05) is 11.3 Å². The summed E-state index contributed by atoms with van der Waals surface area (Å²) in [6, 6.07) is 4.92. The predicted octanol–water partition coefficient (Wildman–Crippen LogP) is 2.62. The minimum atomic E-state index is 0.424. The van der Waals surface area contributed by atoms with Crippen LogP contribution in [-0.2, 0) is 9.47 Å². The van der Waals surface area contributed by atoms with Crippen molar-refractivity contribution in [3.8, 4) is 0 Å². The fraction of sp³-hybridized carbons (Fsp3) is 0.765. The van der Waals surface area contributed by atoms with Crippen molar-refractivity contribution in [1.29, 1.82) is 0 Å². The van der Waals surface area contributed by atoms with Gasteiger partial charge in [0.25, 0.3) is 0 Å². The maximum Gasteiger partial charge on any atom is 0.0701 e. The van der Waals surface area contributed by atoms with Crippen LogP contribution in [0.2, 0.25) is 0 Å². The van der Waals surface area contributed by atoms with Gasteiger partial charge in [-0.2, -0.15) is 0 Å². The van der Waals surface area contributed by atoms with Crippen LogP contribution in [0.4, 0.5) is 0 Å². The standard InChI is InChI=1S/C17H28N2O2S/c1-18(13-15-5-2-3-9-21-15)14-16(17-6-4-12-22-17)19-7-10-20-11-8-19/h4,6,12,15-16H,2-3,5,7-11,13-14H2,1H3/t15-,16-/m1/s1. The minimum absolute atomic E-state index is 0.424. The van der Waals surface area contributed by atoms with E-state index >= 15 is 0 Å². The van der Waals surface area contributed by atoms with Crippen molar-refractivity contribution in [1.82, 2.24) is 9.80 Å². The topological polar surface area (TPSA) is 24.9 Å². The van der Waals surface area contributed by atoms with Gasteiger partial charge in [0.2, 0.25) is 0 Å². The van der Waals surface area contributed by atoms with E-state index in [1.165, 1.54) is 24.1 Å². The predicted molar refractivity (Wildman–Crippen MR) is 90.5 cm³/mol. The van der Waals surface area contributed by atoms with Gasteiger partial charge in [-0.05, 0) is 37.8 Å². The summed E-state index contributed by atoms with van der Waals surface area (Å²) in [6.07, 6.45) is 4.18. The number of likely N-dealkylation sites (N-methyl/N-ethyl adjacent to an activating group) is 1. The molecule has 2 fully saturated rings. The lowest BCUT2D eigenvalue weighted by molar-refractivity contribution is -0.0150. The highest BCUT2D eigenvalue weighted by Gasteiger charge is 2.26. The highest BCUT2D eigenvalue weighted by Crippen LogP contribution is 2.27. The maximum atomic E-state index is 5.89. The fourth-order valence-corrected chi connectivity index (χ4v) is 4.28. The third-order valence-electron chi connectivity index (χ3n) is 4.63. The van der Waals surface area contributed by atoms with Crippen LogP contribution in [-0.4, -0.2) is 69.0 Å². The second kappa shape index (κ2) is 8.41. The van der Waals surface area contributed by atoms with Gasteiger partial charge in [-0.1, -0.05) is 6.07 Å². The molecule has 2 saturated heterocycles. The largest absolute Gasteiger partial charge is 0.379 e. The maximum absolute atomic E-state index is 5.89. The third kappa shape index (κ3) is 4.52. The Morgan fingerprint density at radius 3 is 2.86 bits per heavy atom. The molecule has 124 valence electrons. The molecule has 22 heavy (non-hydrogen) atoms. The summed E-state index contributed by atoms with van der Waals surface area (Å²) in [5, 5.41) is 2.19. The number of nitrogens with zero attached hydrogens (tertiary/aromatic N) is 2. The van der Waals surface area contributed by atoms with Gasteiger partial charge in [0, 0.05) is 37.7 Å². The van der Waals surface area contributed by atoms with Crippen molar-refractivity contribution in [2.45, 2.75) is 31.4 Å². The summed E-state index contributed by atoms with van der Waals surface area (Å²) < 4.78 is 11.4. The van der Waals surface area contributed by atoms with Crippen molar-refractivity contribution in [3.05, 3.63) is 22.4 Å². The van der Waals surface area contributed by atoms with Crippen molar-refractivity contribution >= 4 is 11.3 Å². The summed E-state index contributed by atoms with van der Waals surface area (Å²) >= 11 is 1.87. The van der Waals surface area contributed by atoms with E-state index in [2.05, 4.69) is 34.4 Å². The van der Waals surface area contributed by atoms with Crippen LogP contribution in [0.3, 0.4) is 0 Å². The lowest BCUT2D eigenvalue weighted by Gasteiger charge is -2.37. The summed E-state index contributed by atoms with van der Waals surface area (Å²) in [5.41, 5.74) is 0. The summed E-state index contributed by atoms with van der Waals surface area (Å²) in [5.74, 6) is 0.